The van der Waals surface area contributed by atoms with Gasteiger partial charge >= 0.3 is 0 Å². The van der Waals surface area contributed by atoms with Crippen molar-refractivity contribution in [3.05, 3.63) is 119 Å². The Morgan fingerprint density at radius 3 is 1.02 bits per heavy atom. The number of hydrogen-bond donors (Lipinski definition) is 2. The summed E-state index contributed by atoms with van der Waals surface area (Å²) in [7, 11) is 8.04. The van der Waals surface area contributed by atoms with E-state index in [4.69, 9.17) is 0 Å². The van der Waals surface area contributed by atoms with Crippen molar-refractivity contribution >= 4 is 0 Å². The first-order chi connectivity index (χ1) is 60.0. The van der Waals surface area contributed by atoms with Gasteiger partial charge in [0.1, 0.15) is 11.6 Å². The van der Waals surface area contributed by atoms with E-state index >= 15 is 0 Å². The van der Waals surface area contributed by atoms with Gasteiger partial charge in [0.05, 0.1) is 54.7 Å². The Bertz CT molecular complexity index is 4380. The lowest BCUT2D eigenvalue weighted by molar-refractivity contribution is -0.101. The number of aromatic nitrogens is 15. The van der Waals surface area contributed by atoms with Crippen LogP contribution >= 0.6 is 0 Å². The maximum absolute atomic E-state index is 4.54. The van der Waals surface area contributed by atoms with Gasteiger partial charge in [-0.25, -0.2) is 19.9 Å². The molecule has 2 N–H and O–H groups in total. The summed E-state index contributed by atoms with van der Waals surface area (Å²) >= 11 is 0. The van der Waals surface area contributed by atoms with Crippen molar-refractivity contribution < 1.29 is 0 Å². The molecule has 14 atom stereocenters. The molecule has 15 aliphatic rings. The SMILES string of the molecule is CC(C)(C)N1CC2CC(C1)N2Cc1ncc[nH]1.CCn1cc(CN2C3CC2CN(C(C)(C)C)C3)cn1.Cc1c(CN2C3CC2CN(C(C)(C)C)C3)ncn1C.Cc1cnc(CN2C3CC2CN(C(C)(C)C)C3)[nH]1.Cc1nn(C)cc1CN1C2CC1CN(C(C)(C)C)C2.Cn1cc(CN2C3CC2CN(C(C)(C)C)C3)nn1.Cn1cnc(CN2C3CC2CN(C(C)(C)C)C3)c1. The second-order valence-corrected chi connectivity index (χ2v) is 48.0. The van der Waals surface area contributed by atoms with Gasteiger partial charge in [0, 0.05) is 348 Å². The van der Waals surface area contributed by atoms with E-state index < -0.39 is 0 Å². The molecule has 0 aliphatic carbocycles. The number of aryl methyl sites for hydroxylation is 7. The molecule has 0 spiro atoms. The zero-order valence-electron chi connectivity index (χ0n) is 84.9. The molecule has 0 radical (unpaired) electrons. The molecule has 14 bridgehead atoms. The van der Waals surface area contributed by atoms with Crippen LogP contribution < -0.4 is 0 Å². The third kappa shape index (κ3) is 22.6. The number of nitrogens with one attached hydrogen (secondary N) is 2. The van der Waals surface area contributed by atoms with Crippen LogP contribution in [0.15, 0.2) is 62.2 Å². The van der Waals surface area contributed by atoms with Gasteiger partial charge in [-0.3, -0.25) is 82.6 Å². The number of hydrogen-bond acceptors (Lipinski definition) is 22. The Labute approximate surface area is 770 Å². The number of rotatable bonds is 15. The number of fused-ring (bicyclic) bond motifs is 14. The molecule has 128 heavy (non-hydrogen) atoms. The standard InChI is InChI=1S/3C15H26N4.2C14H24N4.C13H23N5.C13H22N4/c1-11-12(7-17(5)16-11)8-19-13-6-14(19)10-18(9-13)15(2,3)4;1-11-14(16-10-17(11)5)9-19-12-6-13(19)8-18(7-12)15(2,3)4;1-5-18-8-12(7-16-18)9-19-13-6-14(19)11-17(10-13)15(2,3)4;1-14(2,3)17-8-12-5-13(9-17)18(12)7-11-6-16(4)10-15-11;1-10-6-15-13(16-10)9-18-11-5-12(18)8-17(7-11)14(2,3)4;1-13(2,3)17-8-11-5-12(9-17)18(11)7-10-6-16(4)15-14-10;1-13(2,3)16-7-10-6-11(8-16)17(10)9-12-14-4-5-15-12/h7,13-14H,6,8-10H2,1-5H3;10,12-13H,6-9H2,1-5H3;7-8,13-14H,5-6,9-11H2,1-4H3;6,10,12-13H,5,7-9H2,1-4H3;6,11-12H,5,7-9H2,1-4H3,(H,15,16);6,11-12H,5,7-9H2,1-4H3;4-5,10-11H,6-9H2,1-3H3,(H,14,15). The predicted molar refractivity (Wildman–Crippen MR) is 513 cm³/mol. The first-order valence-corrected chi connectivity index (χ1v) is 49.3. The lowest BCUT2D eigenvalue weighted by Gasteiger charge is -2.59. The summed E-state index contributed by atoms with van der Waals surface area (Å²) < 4.78 is 9.89. The molecule has 15 saturated heterocycles. The van der Waals surface area contributed by atoms with Crippen LogP contribution in [-0.4, -0.2) is 357 Å². The fourth-order valence-corrected chi connectivity index (χ4v) is 22.9. The van der Waals surface area contributed by atoms with Gasteiger partial charge in [-0.1, -0.05) is 5.21 Å². The highest BCUT2D eigenvalue weighted by Crippen LogP contribution is 2.44. The predicted octanol–water partition coefficient (Wildman–Crippen LogP) is 11.1. The van der Waals surface area contributed by atoms with E-state index in [2.05, 4.69) is 322 Å². The molecule has 22 rings (SSSR count). The molecule has 0 aromatic carbocycles. The summed E-state index contributed by atoms with van der Waals surface area (Å²) in [6.07, 6.45) is 29.6. The zero-order chi connectivity index (χ0) is 92.0. The lowest BCUT2D eigenvalue weighted by Crippen LogP contribution is -2.70. The number of likely N-dealkylation sites (tertiary alicyclic amines) is 12. The molecule has 14 unspecified atom stereocenters. The monoisotopic (exact) mass is 1770 g/mol. The highest BCUT2D eigenvalue weighted by atomic mass is 15.5. The first kappa shape index (κ1) is 96.4. The van der Waals surface area contributed by atoms with Crippen LogP contribution in [0.4, 0.5) is 0 Å². The molecule has 7 aromatic rings. The van der Waals surface area contributed by atoms with E-state index in [0.717, 1.165) is 148 Å². The molecule has 22 heterocycles. The third-order valence-electron chi connectivity index (χ3n) is 31.6. The van der Waals surface area contributed by atoms with Crippen molar-refractivity contribution in [1.29, 1.82) is 0 Å². The van der Waals surface area contributed by atoms with E-state index in [1.54, 1.807) is 4.68 Å². The van der Waals surface area contributed by atoms with Crippen LogP contribution in [0.5, 0.6) is 0 Å². The first-order valence-electron chi connectivity index (χ1n) is 49.3. The van der Waals surface area contributed by atoms with E-state index in [1.807, 2.05) is 78.7 Å². The van der Waals surface area contributed by atoms with Gasteiger partial charge in [-0.15, -0.1) is 5.10 Å². The Balaban J connectivity index is 0.000000115. The minimum Gasteiger partial charge on any atom is -0.348 e. The van der Waals surface area contributed by atoms with E-state index in [1.165, 1.54) is 170 Å². The zero-order valence-corrected chi connectivity index (χ0v) is 84.9. The van der Waals surface area contributed by atoms with Gasteiger partial charge in [0.15, 0.2) is 0 Å². The molecule has 15 aliphatic heterocycles. The number of imidazole rings is 4. The van der Waals surface area contributed by atoms with Crippen LogP contribution in [0.3, 0.4) is 0 Å². The van der Waals surface area contributed by atoms with E-state index in [-0.39, 0.29) is 0 Å². The summed E-state index contributed by atoms with van der Waals surface area (Å²) in [5.41, 5.74) is 12.1. The van der Waals surface area contributed by atoms with Crippen molar-refractivity contribution in [2.75, 3.05) is 91.6 Å². The maximum atomic E-state index is 4.54. The molecule has 0 saturated carbocycles. The van der Waals surface area contributed by atoms with Crippen LogP contribution in [0.1, 0.15) is 254 Å². The molecular weight excluding hydrogens is 1600 g/mol. The van der Waals surface area contributed by atoms with E-state index in [9.17, 15) is 0 Å². The number of piperazine rings is 7. The average Bonchev–Trinajstić information content (AvgIpc) is 1.65. The van der Waals surface area contributed by atoms with Crippen molar-refractivity contribution in [1.82, 2.24) is 142 Å². The largest absolute Gasteiger partial charge is 0.348 e. The Morgan fingerprint density at radius 2 is 0.727 bits per heavy atom. The highest BCUT2D eigenvalue weighted by molar-refractivity contribution is 5.20. The van der Waals surface area contributed by atoms with Crippen LogP contribution in [-0.2, 0) is 80.5 Å². The summed E-state index contributed by atoms with van der Waals surface area (Å²) in [6.45, 7) is 82.3. The van der Waals surface area contributed by atoms with Crippen molar-refractivity contribution in [2.45, 2.75) is 394 Å². The van der Waals surface area contributed by atoms with Gasteiger partial charge in [-0.05, 0) is 218 Å². The average molecular weight is 1770 g/mol. The Morgan fingerprint density at radius 1 is 0.359 bits per heavy atom. The summed E-state index contributed by atoms with van der Waals surface area (Å²) in [4.78, 5) is 61.1. The molecule has 15 fully saturated rings. The smallest absolute Gasteiger partial charge is 0.120 e. The number of H-pyrrole nitrogens is 2. The molecular formula is C99H171N29. The normalized spacial score (nSPS) is 29.1. The van der Waals surface area contributed by atoms with Gasteiger partial charge in [-0.2, -0.15) is 10.2 Å². The van der Waals surface area contributed by atoms with Crippen molar-refractivity contribution in [3.8, 4) is 0 Å². The second-order valence-electron chi connectivity index (χ2n) is 48.0. The van der Waals surface area contributed by atoms with E-state index in [0.29, 0.717) is 50.9 Å². The molecule has 29 heteroatoms. The Hall–Kier alpha value is -6.16. The summed E-state index contributed by atoms with van der Waals surface area (Å²) in [5, 5.41) is 17.0. The Kier molecular flexibility index (Phi) is 28.6. The maximum Gasteiger partial charge on any atom is 0.120 e. The lowest BCUT2D eigenvalue weighted by atomic mass is 9.84. The molecule has 7 aromatic heterocycles. The van der Waals surface area contributed by atoms with Crippen LogP contribution in [0.25, 0.3) is 0 Å². The number of aromatic amines is 2. The number of nitrogens with zero attached hydrogens (tertiary/aromatic N) is 27. The van der Waals surface area contributed by atoms with Gasteiger partial charge < -0.3 is 19.1 Å². The van der Waals surface area contributed by atoms with Crippen molar-refractivity contribution in [3.63, 3.8) is 0 Å². The highest BCUT2D eigenvalue weighted by Gasteiger charge is 2.54. The summed E-state index contributed by atoms with van der Waals surface area (Å²) in [5.74, 6) is 2.22. The molecule has 712 valence electrons. The van der Waals surface area contributed by atoms with Crippen LogP contribution in [0, 0.1) is 20.8 Å². The molecule has 29 nitrogen and oxygen atoms in total. The number of piperidine rings is 7. The minimum atomic E-state index is 0.301. The fraction of sp³-hybridized carbons (Fsp3) is 0.798. The van der Waals surface area contributed by atoms with Gasteiger partial charge in [0.25, 0.3) is 0 Å². The second kappa shape index (κ2) is 38.0. The minimum absolute atomic E-state index is 0.301. The fourth-order valence-electron chi connectivity index (χ4n) is 22.9. The summed E-state index contributed by atoms with van der Waals surface area (Å²) in [6, 6.07) is 10.3. The van der Waals surface area contributed by atoms with Crippen LogP contribution in [0.2, 0.25) is 0 Å². The topological polar surface area (TPSA) is 205 Å². The third-order valence-corrected chi connectivity index (χ3v) is 31.6. The van der Waals surface area contributed by atoms with Crippen molar-refractivity contribution in [2.24, 2.45) is 28.2 Å². The molecule has 0 amide bonds. The quantitative estimate of drug-likeness (QED) is 0.0979. The van der Waals surface area contributed by atoms with Gasteiger partial charge in [0.2, 0.25) is 0 Å².